The van der Waals surface area contributed by atoms with Crippen molar-refractivity contribution in [2.75, 3.05) is 37.6 Å². The molecule has 166 valence electrons. The first-order valence-corrected chi connectivity index (χ1v) is 10.7. The summed E-state index contributed by atoms with van der Waals surface area (Å²) in [5, 5.41) is 7.23. The van der Waals surface area contributed by atoms with Gasteiger partial charge in [-0.05, 0) is 39.0 Å². The molecule has 2 aromatic heterocycles. The Balaban J connectivity index is 1.36. The number of carbonyl (C=O) groups is 2. The summed E-state index contributed by atoms with van der Waals surface area (Å²) in [6, 6.07) is 12.8. The van der Waals surface area contributed by atoms with Gasteiger partial charge in [-0.15, -0.1) is 0 Å². The van der Waals surface area contributed by atoms with Crippen molar-refractivity contribution in [2.24, 2.45) is 0 Å². The first kappa shape index (κ1) is 21.5. The molecule has 0 saturated carbocycles. The van der Waals surface area contributed by atoms with E-state index in [9.17, 15) is 9.59 Å². The van der Waals surface area contributed by atoms with Gasteiger partial charge in [-0.25, -0.2) is 14.6 Å². The average molecular weight is 434 g/mol. The quantitative estimate of drug-likeness (QED) is 0.658. The fraction of sp³-hybridized carbons (Fsp3) is 0.348. The molecule has 1 aliphatic rings. The van der Waals surface area contributed by atoms with Crippen LogP contribution in [0.4, 0.5) is 5.82 Å². The van der Waals surface area contributed by atoms with Crippen molar-refractivity contribution in [3.05, 3.63) is 65.2 Å². The second-order valence-electron chi connectivity index (χ2n) is 7.89. The van der Waals surface area contributed by atoms with E-state index in [0.29, 0.717) is 37.6 Å². The van der Waals surface area contributed by atoms with Crippen LogP contribution in [0.5, 0.6) is 0 Å². The molecule has 2 amide bonds. The molecule has 1 aromatic carbocycles. The molecule has 0 atom stereocenters. The molecule has 3 aromatic rings. The van der Waals surface area contributed by atoms with Crippen molar-refractivity contribution >= 4 is 17.6 Å². The lowest BCUT2D eigenvalue weighted by Crippen LogP contribution is -2.51. The Hall–Kier alpha value is -3.75. The number of carbonyl (C=O) groups excluding carboxylic acids is 2. The summed E-state index contributed by atoms with van der Waals surface area (Å²) in [5.41, 5.74) is 2.49. The number of hydrogen-bond donors (Lipinski definition) is 1. The van der Waals surface area contributed by atoms with E-state index in [1.165, 1.54) is 0 Å². The Kier molecular flexibility index (Phi) is 6.16. The molecular weight excluding hydrogens is 406 g/mol. The third kappa shape index (κ3) is 4.77. The maximum atomic E-state index is 12.6. The zero-order chi connectivity index (χ0) is 22.7. The summed E-state index contributed by atoms with van der Waals surface area (Å²) in [5.74, 6) is 1.90. The van der Waals surface area contributed by atoms with Gasteiger partial charge in [0.15, 0.2) is 5.82 Å². The van der Waals surface area contributed by atoms with Gasteiger partial charge in [0, 0.05) is 43.5 Å². The van der Waals surface area contributed by atoms with Gasteiger partial charge < -0.3 is 15.1 Å². The van der Waals surface area contributed by atoms with Crippen molar-refractivity contribution in [2.45, 2.75) is 20.8 Å². The fourth-order valence-corrected chi connectivity index (χ4v) is 3.81. The van der Waals surface area contributed by atoms with Gasteiger partial charge in [-0.2, -0.15) is 5.10 Å². The zero-order valence-corrected chi connectivity index (χ0v) is 18.6. The molecule has 1 fully saturated rings. The summed E-state index contributed by atoms with van der Waals surface area (Å²) in [4.78, 5) is 37.8. The monoisotopic (exact) mass is 433 g/mol. The summed E-state index contributed by atoms with van der Waals surface area (Å²) in [6.07, 6.45) is 0. The minimum atomic E-state index is -0.245. The van der Waals surface area contributed by atoms with E-state index < -0.39 is 0 Å². The lowest BCUT2D eigenvalue weighted by Gasteiger charge is -2.35. The number of nitrogens with zero attached hydrogens (tertiary/aromatic N) is 6. The third-order valence-electron chi connectivity index (χ3n) is 5.43. The number of aryl methyl sites for hydroxylation is 3. The van der Waals surface area contributed by atoms with E-state index in [1.807, 2.05) is 43.7 Å². The minimum Gasteiger partial charge on any atom is -0.353 e. The van der Waals surface area contributed by atoms with Gasteiger partial charge in [0.05, 0.1) is 12.2 Å². The SMILES string of the molecule is Cc1cc(C)n(-c2cc(N3CCN(C(=O)CNC(=O)c4ccccc4)CC3)nc(C)n2)n1. The number of nitrogens with one attached hydrogen (secondary N) is 1. The maximum absolute atomic E-state index is 12.6. The predicted molar refractivity (Wildman–Crippen MR) is 121 cm³/mol. The van der Waals surface area contributed by atoms with Gasteiger partial charge in [-0.3, -0.25) is 9.59 Å². The van der Waals surface area contributed by atoms with Gasteiger partial charge in [-0.1, -0.05) is 18.2 Å². The highest BCUT2D eigenvalue weighted by atomic mass is 16.2. The second kappa shape index (κ2) is 9.17. The van der Waals surface area contributed by atoms with Crippen molar-refractivity contribution in [3.63, 3.8) is 0 Å². The smallest absolute Gasteiger partial charge is 0.251 e. The Morgan fingerprint density at radius 3 is 2.28 bits per heavy atom. The van der Waals surface area contributed by atoms with Crippen LogP contribution in [-0.4, -0.2) is 69.2 Å². The number of rotatable bonds is 5. The number of aromatic nitrogens is 4. The van der Waals surface area contributed by atoms with Crippen LogP contribution >= 0.6 is 0 Å². The highest BCUT2D eigenvalue weighted by Crippen LogP contribution is 2.19. The van der Waals surface area contributed by atoms with E-state index in [-0.39, 0.29) is 18.4 Å². The molecule has 4 rings (SSSR count). The minimum absolute atomic E-state index is 0.0115. The van der Waals surface area contributed by atoms with Crippen LogP contribution in [0.15, 0.2) is 42.5 Å². The average Bonchev–Trinajstić information content (AvgIpc) is 3.15. The summed E-state index contributed by atoms with van der Waals surface area (Å²) >= 11 is 0. The summed E-state index contributed by atoms with van der Waals surface area (Å²) < 4.78 is 1.82. The van der Waals surface area contributed by atoms with Gasteiger partial charge >= 0.3 is 0 Å². The molecule has 9 heteroatoms. The number of hydrogen-bond acceptors (Lipinski definition) is 6. The van der Waals surface area contributed by atoms with Crippen LogP contribution in [0.1, 0.15) is 27.6 Å². The number of benzene rings is 1. The molecular formula is C23H27N7O2. The highest BCUT2D eigenvalue weighted by molar-refractivity contribution is 5.96. The molecule has 32 heavy (non-hydrogen) atoms. The van der Waals surface area contributed by atoms with Crippen molar-refractivity contribution in [1.82, 2.24) is 30.0 Å². The number of piperazine rings is 1. The molecule has 0 spiro atoms. The van der Waals surface area contributed by atoms with Crippen LogP contribution in [0.2, 0.25) is 0 Å². The van der Waals surface area contributed by atoms with E-state index >= 15 is 0 Å². The molecule has 0 radical (unpaired) electrons. The van der Waals surface area contributed by atoms with E-state index in [4.69, 9.17) is 0 Å². The Bertz CT molecular complexity index is 1120. The number of anilines is 1. The molecule has 3 heterocycles. The lowest BCUT2D eigenvalue weighted by atomic mass is 10.2. The van der Waals surface area contributed by atoms with Crippen LogP contribution in [0.25, 0.3) is 5.82 Å². The lowest BCUT2D eigenvalue weighted by molar-refractivity contribution is -0.130. The first-order valence-electron chi connectivity index (χ1n) is 10.7. The molecule has 0 unspecified atom stereocenters. The third-order valence-corrected chi connectivity index (χ3v) is 5.43. The second-order valence-corrected chi connectivity index (χ2v) is 7.89. The van der Waals surface area contributed by atoms with Crippen molar-refractivity contribution < 1.29 is 9.59 Å². The Morgan fingerprint density at radius 2 is 1.62 bits per heavy atom. The predicted octanol–water partition coefficient (Wildman–Crippen LogP) is 1.67. The Morgan fingerprint density at radius 1 is 0.938 bits per heavy atom. The largest absolute Gasteiger partial charge is 0.353 e. The van der Waals surface area contributed by atoms with Crippen LogP contribution in [0, 0.1) is 20.8 Å². The first-order chi connectivity index (χ1) is 15.4. The molecule has 1 aliphatic heterocycles. The topological polar surface area (TPSA) is 96.2 Å². The standard InChI is InChI=1S/C23H27N7O2/c1-16-13-17(2)30(27-16)21-14-20(25-18(3)26-21)28-9-11-29(12-10-28)22(31)15-24-23(32)19-7-5-4-6-8-19/h4-8,13-14H,9-12,15H2,1-3H3,(H,24,32). The van der Waals surface area contributed by atoms with Crippen molar-refractivity contribution in [1.29, 1.82) is 0 Å². The molecule has 0 aliphatic carbocycles. The van der Waals surface area contributed by atoms with Crippen LogP contribution < -0.4 is 10.2 Å². The maximum Gasteiger partial charge on any atom is 0.251 e. The summed E-state index contributed by atoms with van der Waals surface area (Å²) in [7, 11) is 0. The van der Waals surface area contributed by atoms with Gasteiger partial charge in [0.1, 0.15) is 11.6 Å². The molecule has 9 nitrogen and oxygen atoms in total. The summed E-state index contributed by atoms with van der Waals surface area (Å²) in [6.45, 7) is 8.26. The highest BCUT2D eigenvalue weighted by Gasteiger charge is 2.23. The fourth-order valence-electron chi connectivity index (χ4n) is 3.81. The van der Waals surface area contributed by atoms with Crippen LogP contribution in [0.3, 0.4) is 0 Å². The van der Waals surface area contributed by atoms with Crippen molar-refractivity contribution in [3.8, 4) is 5.82 Å². The molecule has 1 saturated heterocycles. The van der Waals surface area contributed by atoms with Gasteiger partial charge in [0.2, 0.25) is 5.91 Å². The molecule has 1 N–H and O–H groups in total. The van der Waals surface area contributed by atoms with E-state index in [0.717, 1.165) is 23.0 Å². The number of amides is 2. The van der Waals surface area contributed by atoms with E-state index in [1.54, 1.807) is 29.2 Å². The van der Waals surface area contributed by atoms with Gasteiger partial charge in [0.25, 0.3) is 5.91 Å². The zero-order valence-electron chi connectivity index (χ0n) is 18.6. The molecule has 0 bridgehead atoms. The van der Waals surface area contributed by atoms with Crippen LogP contribution in [-0.2, 0) is 4.79 Å². The van der Waals surface area contributed by atoms with E-state index in [2.05, 4.69) is 25.3 Å². The Labute approximate surface area is 187 Å². The normalized spacial score (nSPS) is 13.8.